The van der Waals surface area contributed by atoms with Crippen LogP contribution in [-0.2, 0) is 4.74 Å². The lowest BCUT2D eigenvalue weighted by Gasteiger charge is -2.01. The number of para-hydroxylation sites is 1. The number of ether oxygens (including phenoxy) is 1. The van der Waals surface area contributed by atoms with Crippen molar-refractivity contribution >= 4 is 16.9 Å². The summed E-state index contributed by atoms with van der Waals surface area (Å²) in [4.78, 5) is 23.3. The van der Waals surface area contributed by atoms with Gasteiger partial charge in [0.05, 0.1) is 12.0 Å². The van der Waals surface area contributed by atoms with E-state index in [4.69, 9.17) is 9.15 Å². The van der Waals surface area contributed by atoms with Gasteiger partial charge in [0.15, 0.2) is 0 Å². The van der Waals surface area contributed by atoms with Crippen molar-refractivity contribution in [3.8, 4) is 0 Å². The molecular weight excluding hydrogens is 208 g/mol. The monoisotopic (exact) mass is 218 g/mol. The van der Waals surface area contributed by atoms with Gasteiger partial charge in [0, 0.05) is 0 Å². The molecule has 1 aromatic heterocycles. The molecule has 82 valence electrons. The summed E-state index contributed by atoms with van der Waals surface area (Å²) in [6, 6.07) is 6.76. The van der Waals surface area contributed by atoms with Crippen molar-refractivity contribution in [2.45, 2.75) is 6.92 Å². The third kappa shape index (κ3) is 1.69. The van der Waals surface area contributed by atoms with Gasteiger partial charge in [-0.15, -0.1) is 0 Å². The molecule has 1 heterocycles. The molecule has 0 atom stereocenters. The molecule has 1 aromatic carbocycles. The average Bonchev–Trinajstić information content (AvgIpc) is 2.30. The lowest BCUT2D eigenvalue weighted by molar-refractivity contribution is 0.0522. The molecule has 0 aliphatic rings. The molecule has 16 heavy (non-hydrogen) atoms. The van der Waals surface area contributed by atoms with Crippen LogP contribution in [0.25, 0.3) is 11.0 Å². The fraction of sp³-hybridized carbons (Fsp3) is 0.167. The summed E-state index contributed by atoms with van der Waals surface area (Å²) >= 11 is 0. The van der Waals surface area contributed by atoms with Crippen molar-refractivity contribution in [1.29, 1.82) is 0 Å². The van der Waals surface area contributed by atoms with E-state index in [1.54, 1.807) is 31.2 Å². The molecule has 0 aliphatic heterocycles. The van der Waals surface area contributed by atoms with Gasteiger partial charge >= 0.3 is 5.97 Å². The summed E-state index contributed by atoms with van der Waals surface area (Å²) < 4.78 is 9.95. The highest BCUT2D eigenvalue weighted by molar-refractivity contribution is 5.92. The van der Waals surface area contributed by atoms with Crippen molar-refractivity contribution in [2.24, 2.45) is 0 Å². The Balaban J connectivity index is 2.61. The van der Waals surface area contributed by atoms with Crippen LogP contribution in [-0.4, -0.2) is 12.6 Å². The highest BCUT2D eigenvalue weighted by Crippen LogP contribution is 2.10. The van der Waals surface area contributed by atoms with E-state index in [1.807, 2.05) is 0 Å². The molecule has 4 heteroatoms. The third-order valence-corrected chi connectivity index (χ3v) is 2.18. The van der Waals surface area contributed by atoms with Crippen LogP contribution in [0.2, 0.25) is 0 Å². The SMILES string of the molecule is CCOC(=O)c1coc2ccccc2c1=O. The Hall–Kier alpha value is -2.10. The Morgan fingerprint density at radius 3 is 2.88 bits per heavy atom. The number of benzene rings is 1. The normalized spacial score (nSPS) is 10.3. The van der Waals surface area contributed by atoms with Gasteiger partial charge in [-0.1, -0.05) is 12.1 Å². The van der Waals surface area contributed by atoms with Crippen LogP contribution in [0.4, 0.5) is 0 Å². The van der Waals surface area contributed by atoms with Crippen molar-refractivity contribution in [3.63, 3.8) is 0 Å². The highest BCUT2D eigenvalue weighted by atomic mass is 16.5. The number of hydrogen-bond donors (Lipinski definition) is 0. The second kappa shape index (κ2) is 4.18. The van der Waals surface area contributed by atoms with Crippen molar-refractivity contribution < 1.29 is 13.9 Å². The summed E-state index contributed by atoms with van der Waals surface area (Å²) in [5.74, 6) is -0.651. The zero-order valence-corrected chi connectivity index (χ0v) is 8.73. The second-order valence-electron chi connectivity index (χ2n) is 3.20. The fourth-order valence-electron chi connectivity index (χ4n) is 1.43. The number of rotatable bonds is 2. The Kier molecular flexibility index (Phi) is 2.72. The van der Waals surface area contributed by atoms with Gasteiger partial charge in [-0.3, -0.25) is 4.79 Å². The maximum absolute atomic E-state index is 11.9. The second-order valence-corrected chi connectivity index (χ2v) is 3.20. The quantitative estimate of drug-likeness (QED) is 0.723. The Morgan fingerprint density at radius 2 is 2.12 bits per heavy atom. The van der Waals surface area contributed by atoms with Gasteiger partial charge in [-0.2, -0.15) is 0 Å². The summed E-state index contributed by atoms with van der Waals surface area (Å²) in [7, 11) is 0. The number of carbonyl (C=O) groups is 1. The molecule has 0 radical (unpaired) electrons. The number of carbonyl (C=O) groups excluding carboxylic acids is 1. The highest BCUT2D eigenvalue weighted by Gasteiger charge is 2.14. The van der Waals surface area contributed by atoms with Crippen LogP contribution in [0.3, 0.4) is 0 Å². The Morgan fingerprint density at radius 1 is 1.38 bits per heavy atom. The molecule has 2 aromatic rings. The van der Waals surface area contributed by atoms with Crippen LogP contribution >= 0.6 is 0 Å². The average molecular weight is 218 g/mol. The molecule has 0 saturated heterocycles. The van der Waals surface area contributed by atoms with Gasteiger partial charge < -0.3 is 9.15 Å². The minimum atomic E-state index is -0.651. The van der Waals surface area contributed by atoms with Crippen LogP contribution in [0.1, 0.15) is 17.3 Å². The Bertz CT molecular complexity index is 583. The predicted octanol–water partition coefficient (Wildman–Crippen LogP) is 1.97. The first-order valence-electron chi connectivity index (χ1n) is 4.91. The third-order valence-electron chi connectivity index (χ3n) is 2.18. The zero-order valence-electron chi connectivity index (χ0n) is 8.73. The fourth-order valence-corrected chi connectivity index (χ4v) is 1.43. The first kappa shape index (κ1) is 10.4. The van der Waals surface area contributed by atoms with Gasteiger partial charge in [-0.25, -0.2) is 4.79 Å². The van der Waals surface area contributed by atoms with Crippen LogP contribution in [0, 0.1) is 0 Å². The smallest absolute Gasteiger partial charge is 0.345 e. The largest absolute Gasteiger partial charge is 0.463 e. The zero-order chi connectivity index (χ0) is 11.5. The van der Waals surface area contributed by atoms with Crippen LogP contribution in [0.15, 0.2) is 39.7 Å². The first-order chi connectivity index (χ1) is 7.74. The molecule has 0 unspecified atom stereocenters. The van der Waals surface area contributed by atoms with E-state index in [1.165, 1.54) is 0 Å². The van der Waals surface area contributed by atoms with E-state index in [2.05, 4.69) is 0 Å². The van der Waals surface area contributed by atoms with Gasteiger partial charge in [0.2, 0.25) is 5.43 Å². The molecule has 0 spiro atoms. The summed E-state index contributed by atoms with van der Waals surface area (Å²) in [6.45, 7) is 1.91. The van der Waals surface area contributed by atoms with E-state index in [-0.39, 0.29) is 17.6 Å². The molecule has 2 rings (SSSR count). The van der Waals surface area contributed by atoms with Crippen molar-refractivity contribution in [2.75, 3.05) is 6.61 Å². The van der Waals surface area contributed by atoms with E-state index in [0.717, 1.165) is 6.26 Å². The number of esters is 1. The minimum Gasteiger partial charge on any atom is -0.463 e. The van der Waals surface area contributed by atoms with Gasteiger partial charge in [0.25, 0.3) is 0 Å². The summed E-state index contributed by atoms with van der Waals surface area (Å²) in [6.07, 6.45) is 1.14. The Labute approximate surface area is 91.4 Å². The molecule has 0 amide bonds. The minimum absolute atomic E-state index is 0.0689. The number of fused-ring (bicyclic) bond motifs is 1. The topological polar surface area (TPSA) is 56.5 Å². The van der Waals surface area contributed by atoms with E-state index >= 15 is 0 Å². The molecule has 0 N–H and O–H groups in total. The van der Waals surface area contributed by atoms with E-state index in [9.17, 15) is 9.59 Å². The maximum atomic E-state index is 11.9. The van der Waals surface area contributed by atoms with Crippen molar-refractivity contribution in [3.05, 3.63) is 46.3 Å². The molecule has 0 fully saturated rings. The lowest BCUT2D eigenvalue weighted by Crippen LogP contribution is -2.17. The summed E-state index contributed by atoms with van der Waals surface area (Å²) in [5, 5.41) is 0.382. The lowest BCUT2D eigenvalue weighted by atomic mass is 10.2. The molecule has 0 aliphatic carbocycles. The number of hydrogen-bond acceptors (Lipinski definition) is 4. The molecule has 0 saturated carbocycles. The van der Waals surface area contributed by atoms with Crippen molar-refractivity contribution in [1.82, 2.24) is 0 Å². The van der Waals surface area contributed by atoms with E-state index in [0.29, 0.717) is 11.0 Å². The molecule has 0 bridgehead atoms. The predicted molar refractivity (Wildman–Crippen MR) is 58.4 cm³/mol. The standard InChI is InChI=1S/C12H10O4/c1-2-15-12(14)9-7-16-10-6-4-3-5-8(10)11(9)13/h3-7H,2H2,1H3. The van der Waals surface area contributed by atoms with Crippen LogP contribution < -0.4 is 5.43 Å². The summed E-state index contributed by atoms with van der Waals surface area (Å²) in [5.41, 5.74) is 0.0291. The molecular formula is C12H10O4. The van der Waals surface area contributed by atoms with E-state index < -0.39 is 5.97 Å². The first-order valence-corrected chi connectivity index (χ1v) is 4.91. The van der Waals surface area contributed by atoms with Gasteiger partial charge in [0.1, 0.15) is 17.4 Å². The van der Waals surface area contributed by atoms with Gasteiger partial charge in [-0.05, 0) is 19.1 Å². The van der Waals surface area contributed by atoms with Crippen LogP contribution in [0.5, 0.6) is 0 Å². The maximum Gasteiger partial charge on any atom is 0.345 e. The molecule has 4 nitrogen and oxygen atoms in total.